The van der Waals surface area contributed by atoms with E-state index in [-0.39, 0.29) is 16.6 Å². The third kappa shape index (κ3) is 3.07. The highest BCUT2D eigenvalue weighted by atomic mass is 32.2. The van der Waals surface area contributed by atoms with Crippen LogP contribution in [-0.4, -0.2) is 31.1 Å². The Hall–Kier alpha value is -2.77. The Labute approximate surface area is 163 Å². The number of hydrogen-bond donors (Lipinski definition) is 1. The SMILES string of the molecule is [2H]n1c([S+]([O-])Cc2nccc(OC([2H])([2H])[2H])c2C([2H])([2H])[2H])nc2cc(-n3cccc3)ccc21. The Balaban J connectivity index is 1.70. The van der Waals surface area contributed by atoms with Crippen molar-refractivity contribution in [3.8, 4) is 11.4 Å². The maximum atomic E-state index is 13.1. The van der Waals surface area contributed by atoms with Gasteiger partial charge in [0.05, 0.1) is 27.9 Å². The first-order valence-electron chi connectivity index (χ1n) is 11.1. The van der Waals surface area contributed by atoms with E-state index in [1.807, 2.05) is 29.1 Å². The van der Waals surface area contributed by atoms with Crippen molar-refractivity contribution in [3.05, 3.63) is 66.2 Å². The summed E-state index contributed by atoms with van der Waals surface area (Å²) in [6.45, 7) is -2.76. The molecule has 0 radical (unpaired) electrons. The summed E-state index contributed by atoms with van der Waals surface area (Å²) in [4.78, 5) is 9.27. The molecule has 0 amide bonds. The van der Waals surface area contributed by atoms with Crippen LogP contribution in [0.1, 0.15) is 19.5 Å². The Morgan fingerprint density at radius 3 is 3.04 bits per heavy atom. The molecule has 26 heavy (non-hydrogen) atoms. The van der Waals surface area contributed by atoms with E-state index in [0.717, 1.165) is 16.7 Å². The Morgan fingerprint density at radius 2 is 2.23 bits per heavy atom. The quantitative estimate of drug-likeness (QED) is 0.544. The Morgan fingerprint density at radius 1 is 1.35 bits per heavy atom. The minimum atomic E-state index is -2.87. The second-order valence-corrected chi connectivity index (χ2v) is 6.84. The van der Waals surface area contributed by atoms with Crippen molar-refractivity contribution in [2.24, 2.45) is 0 Å². The lowest BCUT2D eigenvalue weighted by Crippen LogP contribution is -2.10. The van der Waals surface area contributed by atoms with Crippen molar-refractivity contribution in [1.82, 2.24) is 19.5 Å². The molecule has 7 heteroatoms. The van der Waals surface area contributed by atoms with Crippen LogP contribution in [0.3, 0.4) is 0 Å². The number of imidazole rings is 1. The zero-order chi connectivity index (χ0) is 24.0. The first-order valence-corrected chi connectivity index (χ1v) is 8.97. The second-order valence-electron chi connectivity index (χ2n) is 5.49. The summed E-state index contributed by atoms with van der Waals surface area (Å²) in [5.74, 6) is -0.772. The molecule has 0 bridgehead atoms. The maximum absolute atomic E-state index is 13.1. The molecule has 0 aliphatic rings. The fourth-order valence-corrected chi connectivity index (χ4v) is 3.56. The summed E-state index contributed by atoms with van der Waals surface area (Å²) in [6.07, 6.45) is 4.90. The highest BCUT2D eigenvalue weighted by molar-refractivity contribution is 7.90. The topological polar surface area (TPSA) is 78.8 Å². The van der Waals surface area contributed by atoms with Crippen molar-refractivity contribution in [2.45, 2.75) is 17.8 Å². The summed E-state index contributed by atoms with van der Waals surface area (Å²) >= 11 is -1.95. The van der Waals surface area contributed by atoms with Crippen LogP contribution in [0.25, 0.3) is 16.7 Å². The number of benzene rings is 1. The van der Waals surface area contributed by atoms with Crippen molar-refractivity contribution < 1.29 is 18.9 Å². The molecule has 0 fully saturated rings. The lowest BCUT2D eigenvalue weighted by Gasteiger charge is -2.10. The van der Waals surface area contributed by atoms with Gasteiger partial charge in [-0.15, -0.1) is 0 Å². The predicted octanol–water partition coefficient (Wildman–Crippen LogP) is 3.37. The van der Waals surface area contributed by atoms with Crippen LogP contribution in [-0.2, 0) is 16.9 Å². The van der Waals surface area contributed by atoms with Gasteiger partial charge in [-0.25, -0.2) is 0 Å². The molecule has 1 aromatic carbocycles. The summed E-state index contributed by atoms with van der Waals surface area (Å²) in [7, 11) is -2.87. The molecule has 1 N–H and O–H groups in total. The highest BCUT2D eigenvalue weighted by Crippen LogP contribution is 2.24. The Bertz CT molecular complexity index is 1290. The number of nitrogens with zero attached hydrogens (tertiary/aromatic N) is 3. The molecular formula is C19H18N4O2S. The standard InChI is InChI=1S/C19H18N4O2S/c1-13-17(20-8-7-18(13)25-2)12-26(24)19-21-15-6-5-14(11-16(15)22-19)23-9-3-4-10-23/h3-11H,12H2,1-2H3,(H,21,22)/i1D3,2D3/hD. The number of rotatable bonds is 5. The van der Waals surface area contributed by atoms with Gasteiger partial charge < -0.3 is 13.9 Å². The number of H-pyrrole nitrogens is 1. The van der Waals surface area contributed by atoms with Crippen molar-refractivity contribution in [3.63, 3.8) is 0 Å². The average Bonchev–Trinajstić information content (AvgIpc) is 3.34. The van der Waals surface area contributed by atoms with E-state index in [4.69, 9.17) is 14.4 Å². The number of methoxy groups -OCH3 is 1. The van der Waals surface area contributed by atoms with Crippen LogP contribution < -0.4 is 4.74 Å². The molecule has 0 saturated heterocycles. The molecule has 4 aromatic rings. The van der Waals surface area contributed by atoms with Gasteiger partial charge in [-0.2, -0.15) is 4.98 Å². The molecule has 132 valence electrons. The van der Waals surface area contributed by atoms with E-state index in [2.05, 4.69) is 9.97 Å². The fraction of sp³-hybridized carbons (Fsp3) is 0.158. The molecule has 1 atom stereocenters. The molecule has 1 unspecified atom stereocenters. The number of aromatic nitrogens is 4. The highest BCUT2D eigenvalue weighted by Gasteiger charge is 2.20. The van der Waals surface area contributed by atoms with Crippen LogP contribution >= 0.6 is 0 Å². The molecule has 0 aliphatic heterocycles. The number of hydrogen-bond acceptors (Lipinski definition) is 4. The van der Waals surface area contributed by atoms with E-state index in [9.17, 15) is 4.55 Å². The summed E-state index contributed by atoms with van der Waals surface area (Å²) in [5.41, 5.74) is 1.14. The minimum absolute atomic E-state index is 0.0879. The number of nitrogens with one attached hydrogen (secondary N) is 1. The summed E-state index contributed by atoms with van der Waals surface area (Å²) in [5, 5.41) is -0.0879. The minimum Gasteiger partial charge on any atom is -0.609 e. The van der Waals surface area contributed by atoms with Crippen molar-refractivity contribution in [2.75, 3.05) is 7.04 Å². The van der Waals surface area contributed by atoms with E-state index < -0.39 is 36.4 Å². The van der Waals surface area contributed by atoms with Gasteiger partial charge in [-0.05, 0) is 43.3 Å². The van der Waals surface area contributed by atoms with E-state index in [1.54, 1.807) is 18.2 Å². The molecule has 0 aliphatic carbocycles. The summed E-state index contributed by atoms with van der Waals surface area (Å²) < 4.78 is 73.4. The van der Waals surface area contributed by atoms with E-state index in [1.165, 1.54) is 6.20 Å². The fourth-order valence-electron chi connectivity index (χ4n) is 2.56. The van der Waals surface area contributed by atoms with Crippen LogP contribution in [0.5, 0.6) is 5.75 Å². The molecule has 0 spiro atoms. The third-order valence-electron chi connectivity index (χ3n) is 3.87. The van der Waals surface area contributed by atoms with Crippen molar-refractivity contribution in [1.29, 1.82) is 0 Å². The average molecular weight is 373 g/mol. The van der Waals surface area contributed by atoms with E-state index >= 15 is 0 Å². The van der Waals surface area contributed by atoms with Gasteiger partial charge in [0, 0.05) is 45.1 Å². The van der Waals surface area contributed by atoms with Gasteiger partial charge in [0.2, 0.25) is 0 Å². The first kappa shape index (κ1) is 10.4. The van der Waals surface area contributed by atoms with Gasteiger partial charge >= 0.3 is 5.16 Å². The van der Waals surface area contributed by atoms with Gasteiger partial charge in [-0.1, -0.05) is 0 Å². The van der Waals surface area contributed by atoms with E-state index in [0.29, 0.717) is 11.0 Å². The number of ether oxygens (including phenoxy) is 1. The lowest BCUT2D eigenvalue weighted by atomic mass is 10.2. The number of fused-ring (bicyclic) bond motifs is 1. The predicted molar refractivity (Wildman–Crippen MR) is 101 cm³/mol. The molecule has 3 heterocycles. The van der Waals surface area contributed by atoms with Crippen LogP contribution in [0.4, 0.5) is 0 Å². The number of aromatic amines is 1. The molecule has 4 rings (SSSR count). The molecule has 6 nitrogen and oxygen atoms in total. The van der Waals surface area contributed by atoms with Crippen LogP contribution in [0.2, 0.25) is 1.41 Å². The second kappa shape index (κ2) is 6.86. The Kier molecular flexibility index (Phi) is 2.74. The maximum Gasteiger partial charge on any atom is 0.322 e. The normalized spacial score (nSPS) is 17.3. The van der Waals surface area contributed by atoms with Crippen molar-refractivity contribution >= 4 is 22.2 Å². The third-order valence-corrected chi connectivity index (χ3v) is 4.99. The zero-order valence-electron chi connectivity index (χ0n) is 20.4. The van der Waals surface area contributed by atoms with Gasteiger partial charge in [0.15, 0.2) is 7.16 Å². The number of pyridine rings is 1. The largest absolute Gasteiger partial charge is 0.609 e. The van der Waals surface area contributed by atoms with Gasteiger partial charge in [0.25, 0.3) is 0 Å². The lowest BCUT2D eigenvalue weighted by molar-refractivity contribution is 0.410. The molecule has 3 aromatic heterocycles. The van der Waals surface area contributed by atoms with Gasteiger partial charge in [0.1, 0.15) is 5.75 Å². The first-order chi connectivity index (χ1) is 15.4. The smallest absolute Gasteiger partial charge is 0.322 e. The molecule has 0 saturated carbocycles. The summed E-state index contributed by atoms with van der Waals surface area (Å²) in [6, 6.07) is 10.1. The zero-order valence-corrected chi connectivity index (χ0v) is 14.2. The molecular weight excluding hydrogens is 348 g/mol. The monoisotopic (exact) mass is 373 g/mol. The van der Waals surface area contributed by atoms with Crippen LogP contribution in [0.15, 0.2) is 60.1 Å². The van der Waals surface area contributed by atoms with Gasteiger partial charge in [-0.3, -0.25) is 9.96 Å². The van der Waals surface area contributed by atoms with Crippen LogP contribution in [0, 0.1) is 6.85 Å².